The number of pyridine rings is 1. The summed E-state index contributed by atoms with van der Waals surface area (Å²) in [5.41, 5.74) is 3.19. The summed E-state index contributed by atoms with van der Waals surface area (Å²) in [5.74, 6) is -1.36. The van der Waals surface area contributed by atoms with Gasteiger partial charge in [-0.2, -0.15) is 0 Å². The first-order chi connectivity index (χ1) is 13.5. The number of likely N-dealkylation sites (N-methyl/N-ethyl adjacent to an activating group) is 1. The fraction of sp³-hybridized carbons (Fsp3) is 0.227. The second-order valence-corrected chi connectivity index (χ2v) is 6.88. The molecule has 2 aromatic carbocycles. The van der Waals surface area contributed by atoms with Gasteiger partial charge in [-0.3, -0.25) is 14.6 Å². The number of para-hydroxylation sites is 1. The largest absolute Gasteiger partial charge is 0.346 e. The number of benzene rings is 2. The van der Waals surface area contributed by atoms with Crippen molar-refractivity contribution in [2.45, 2.75) is 13.0 Å². The summed E-state index contributed by atoms with van der Waals surface area (Å²) in [7, 11) is 3.88. The highest BCUT2D eigenvalue weighted by Gasteiger charge is 2.19. The Bertz CT molecular complexity index is 986. The van der Waals surface area contributed by atoms with Crippen LogP contribution in [-0.4, -0.2) is 42.3 Å². The number of carbonyl (C=O) groups is 2. The number of aromatic nitrogens is 1. The lowest BCUT2D eigenvalue weighted by Crippen LogP contribution is -2.40. The maximum atomic E-state index is 12.4. The zero-order valence-corrected chi connectivity index (χ0v) is 16.3. The molecule has 0 saturated carbocycles. The van der Waals surface area contributed by atoms with Crippen molar-refractivity contribution in [3.05, 3.63) is 71.9 Å². The van der Waals surface area contributed by atoms with E-state index in [4.69, 9.17) is 0 Å². The van der Waals surface area contributed by atoms with Crippen LogP contribution in [0.15, 0.2) is 60.7 Å². The number of carbonyl (C=O) groups excluding carboxylic acids is 2. The molecule has 0 aliphatic carbocycles. The molecule has 0 spiro atoms. The second kappa shape index (κ2) is 8.63. The van der Waals surface area contributed by atoms with Crippen LogP contribution in [0.25, 0.3) is 10.9 Å². The van der Waals surface area contributed by atoms with Crippen LogP contribution >= 0.6 is 0 Å². The summed E-state index contributed by atoms with van der Waals surface area (Å²) in [6.07, 6.45) is 0. The Morgan fingerprint density at radius 2 is 1.68 bits per heavy atom. The van der Waals surface area contributed by atoms with Crippen molar-refractivity contribution in [3.8, 4) is 0 Å². The molecule has 0 radical (unpaired) electrons. The Morgan fingerprint density at radius 1 is 1.00 bits per heavy atom. The zero-order valence-electron chi connectivity index (χ0n) is 16.3. The fourth-order valence-corrected chi connectivity index (χ4v) is 3.13. The standard InChI is InChI=1S/C22H24N4O2/c1-15-13-19(17-11-7-8-12-18(17)24-15)25-22(28)21(27)23-14-20(26(2)3)16-9-5-4-6-10-16/h4-13,20H,14H2,1-3H3,(H,23,27)(H,24,25,28)/t20-/m1/s1. The molecule has 6 heteroatoms. The van der Waals surface area contributed by atoms with Crippen LogP contribution in [0, 0.1) is 6.92 Å². The average Bonchev–Trinajstić information content (AvgIpc) is 2.68. The smallest absolute Gasteiger partial charge is 0.313 e. The molecule has 0 unspecified atom stereocenters. The van der Waals surface area contributed by atoms with Gasteiger partial charge < -0.3 is 15.5 Å². The highest BCUT2D eigenvalue weighted by molar-refractivity contribution is 6.40. The Labute approximate surface area is 164 Å². The lowest BCUT2D eigenvalue weighted by molar-refractivity contribution is -0.136. The van der Waals surface area contributed by atoms with Crippen molar-refractivity contribution < 1.29 is 9.59 Å². The molecule has 3 aromatic rings. The molecule has 144 valence electrons. The van der Waals surface area contributed by atoms with E-state index in [0.29, 0.717) is 12.2 Å². The van der Waals surface area contributed by atoms with Crippen LogP contribution in [0.1, 0.15) is 17.3 Å². The van der Waals surface area contributed by atoms with Gasteiger partial charge in [-0.25, -0.2) is 0 Å². The summed E-state index contributed by atoms with van der Waals surface area (Å²) in [5, 5.41) is 6.25. The minimum absolute atomic E-state index is 0.0260. The second-order valence-electron chi connectivity index (χ2n) is 6.88. The Kier molecular flexibility index (Phi) is 6.01. The van der Waals surface area contributed by atoms with E-state index in [1.807, 2.05) is 80.5 Å². The lowest BCUT2D eigenvalue weighted by atomic mass is 10.1. The number of rotatable bonds is 5. The van der Waals surface area contributed by atoms with Gasteiger partial charge in [0.1, 0.15) is 0 Å². The number of nitrogens with zero attached hydrogens (tertiary/aromatic N) is 2. The van der Waals surface area contributed by atoms with E-state index >= 15 is 0 Å². The number of fused-ring (bicyclic) bond motifs is 1. The minimum atomic E-state index is -0.693. The molecule has 1 atom stereocenters. The van der Waals surface area contributed by atoms with Crippen LogP contribution in [-0.2, 0) is 9.59 Å². The first-order valence-corrected chi connectivity index (χ1v) is 9.12. The van der Waals surface area contributed by atoms with Crippen molar-refractivity contribution in [2.75, 3.05) is 26.0 Å². The first-order valence-electron chi connectivity index (χ1n) is 9.12. The topological polar surface area (TPSA) is 74.3 Å². The quantitative estimate of drug-likeness (QED) is 0.672. The number of hydrogen-bond acceptors (Lipinski definition) is 4. The van der Waals surface area contributed by atoms with E-state index in [1.54, 1.807) is 6.07 Å². The van der Waals surface area contributed by atoms with Crippen LogP contribution in [0.4, 0.5) is 5.69 Å². The number of anilines is 1. The SMILES string of the molecule is Cc1cc(NC(=O)C(=O)NC[C@H](c2ccccc2)N(C)C)c2ccccc2n1. The molecule has 0 bridgehead atoms. The van der Waals surface area contributed by atoms with Crippen LogP contribution in [0.5, 0.6) is 0 Å². The van der Waals surface area contributed by atoms with Crippen molar-refractivity contribution in [1.82, 2.24) is 15.2 Å². The van der Waals surface area contributed by atoms with E-state index < -0.39 is 11.8 Å². The summed E-state index contributed by atoms with van der Waals surface area (Å²) in [6.45, 7) is 2.18. The molecule has 28 heavy (non-hydrogen) atoms. The van der Waals surface area contributed by atoms with Gasteiger partial charge in [0, 0.05) is 17.6 Å². The monoisotopic (exact) mass is 376 g/mol. The van der Waals surface area contributed by atoms with Crippen molar-refractivity contribution in [3.63, 3.8) is 0 Å². The molecular formula is C22H24N4O2. The Morgan fingerprint density at radius 3 is 2.39 bits per heavy atom. The first kappa shape index (κ1) is 19.5. The molecule has 0 aliphatic rings. The predicted molar refractivity (Wildman–Crippen MR) is 111 cm³/mol. The maximum absolute atomic E-state index is 12.4. The average molecular weight is 376 g/mol. The van der Waals surface area contributed by atoms with E-state index in [2.05, 4.69) is 15.6 Å². The van der Waals surface area contributed by atoms with Gasteiger partial charge in [-0.15, -0.1) is 0 Å². The van der Waals surface area contributed by atoms with E-state index in [9.17, 15) is 9.59 Å². The van der Waals surface area contributed by atoms with Crippen molar-refractivity contribution >= 4 is 28.4 Å². The minimum Gasteiger partial charge on any atom is -0.346 e. The molecule has 2 N–H and O–H groups in total. The third-order valence-electron chi connectivity index (χ3n) is 4.56. The number of nitrogens with one attached hydrogen (secondary N) is 2. The van der Waals surface area contributed by atoms with Gasteiger partial charge in [0.05, 0.1) is 17.2 Å². The normalized spacial score (nSPS) is 12.0. The maximum Gasteiger partial charge on any atom is 0.313 e. The highest BCUT2D eigenvalue weighted by atomic mass is 16.2. The van der Waals surface area contributed by atoms with Crippen molar-refractivity contribution in [2.24, 2.45) is 0 Å². The van der Waals surface area contributed by atoms with Crippen molar-refractivity contribution in [1.29, 1.82) is 0 Å². The van der Waals surface area contributed by atoms with Gasteiger partial charge in [0.2, 0.25) is 0 Å². The van der Waals surface area contributed by atoms with Gasteiger partial charge in [0.15, 0.2) is 0 Å². The molecule has 0 aliphatic heterocycles. The molecule has 2 amide bonds. The van der Waals surface area contributed by atoms with E-state index in [1.165, 1.54) is 0 Å². The lowest BCUT2D eigenvalue weighted by Gasteiger charge is -2.25. The third kappa shape index (κ3) is 4.53. The Hall–Kier alpha value is -3.25. The predicted octanol–water partition coefficient (Wildman–Crippen LogP) is 2.90. The molecule has 0 fully saturated rings. The van der Waals surface area contributed by atoms with Crippen LogP contribution in [0.2, 0.25) is 0 Å². The number of aryl methyl sites for hydroxylation is 1. The van der Waals surface area contributed by atoms with Gasteiger partial charge >= 0.3 is 11.8 Å². The molecule has 0 saturated heterocycles. The summed E-state index contributed by atoms with van der Waals surface area (Å²) >= 11 is 0. The zero-order chi connectivity index (χ0) is 20.1. The van der Waals surface area contributed by atoms with E-state index in [-0.39, 0.29) is 6.04 Å². The van der Waals surface area contributed by atoms with E-state index in [0.717, 1.165) is 22.2 Å². The molecule has 1 aromatic heterocycles. The molecule has 6 nitrogen and oxygen atoms in total. The number of hydrogen-bond donors (Lipinski definition) is 2. The highest BCUT2D eigenvalue weighted by Crippen LogP contribution is 2.23. The fourth-order valence-electron chi connectivity index (χ4n) is 3.13. The van der Waals surface area contributed by atoms with Crippen LogP contribution < -0.4 is 10.6 Å². The summed E-state index contributed by atoms with van der Waals surface area (Å²) in [6, 6.07) is 19.1. The van der Waals surface area contributed by atoms with Gasteiger partial charge in [0.25, 0.3) is 0 Å². The molecule has 1 heterocycles. The Balaban J connectivity index is 1.69. The molecular weight excluding hydrogens is 352 g/mol. The number of amides is 2. The summed E-state index contributed by atoms with van der Waals surface area (Å²) in [4.78, 5) is 31.2. The summed E-state index contributed by atoms with van der Waals surface area (Å²) < 4.78 is 0. The van der Waals surface area contributed by atoms with Crippen LogP contribution in [0.3, 0.4) is 0 Å². The van der Waals surface area contributed by atoms with Gasteiger partial charge in [-0.1, -0.05) is 48.5 Å². The third-order valence-corrected chi connectivity index (χ3v) is 4.56. The van der Waals surface area contributed by atoms with Gasteiger partial charge in [-0.05, 0) is 38.7 Å². The molecule has 3 rings (SSSR count).